The van der Waals surface area contributed by atoms with Crippen molar-refractivity contribution in [1.29, 1.82) is 0 Å². The molecule has 0 aliphatic rings. The Morgan fingerprint density at radius 3 is 2.93 bits per heavy atom. The molecular weight excluding hydrogens is 293 g/mol. The van der Waals surface area contributed by atoms with Gasteiger partial charge in [0.05, 0.1) is 11.7 Å². The number of carbonyl (C=O) groups is 1. The summed E-state index contributed by atoms with van der Waals surface area (Å²) in [5.74, 6) is 0. The molecule has 2 aromatic rings. The normalized spacial score (nSPS) is 10.4. The number of rotatable bonds is 2. The lowest BCUT2D eigenvalue weighted by Gasteiger charge is -2.01. The number of benzene rings is 1. The van der Waals surface area contributed by atoms with Gasteiger partial charge in [-0.25, -0.2) is 0 Å². The van der Waals surface area contributed by atoms with E-state index in [-0.39, 0.29) is 0 Å². The van der Waals surface area contributed by atoms with Gasteiger partial charge in [0.1, 0.15) is 7.11 Å². The maximum atomic E-state index is 10.8. The highest BCUT2D eigenvalue weighted by Crippen LogP contribution is 2.24. The third-order valence-electron chi connectivity index (χ3n) is 2.10. The van der Waals surface area contributed by atoms with Crippen LogP contribution in [-0.4, -0.2) is 18.1 Å². The van der Waals surface area contributed by atoms with Crippen molar-refractivity contribution in [3.8, 4) is 0 Å². The number of hydrogen-bond donors (Lipinski definition) is 0. The van der Waals surface area contributed by atoms with Gasteiger partial charge in [-0.05, 0) is 34.7 Å². The van der Waals surface area contributed by atoms with Gasteiger partial charge in [-0.2, -0.15) is 4.73 Å². The second kappa shape index (κ2) is 3.61. The summed E-state index contributed by atoms with van der Waals surface area (Å²) in [4.78, 5) is 15.9. The molecule has 0 amide bonds. The fraction of sp³-hybridized carbons (Fsp3) is 0.100. The molecule has 0 saturated heterocycles. The van der Waals surface area contributed by atoms with Gasteiger partial charge in [-0.3, -0.25) is 4.79 Å². The summed E-state index contributed by atoms with van der Waals surface area (Å²) >= 11 is 2.21. The van der Waals surface area contributed by atoms with Gasteiger partial charge < -0.3 is 4.84 Å². The van der Waals surface area contributed by atoms with Crippen LogP contribution in [0.1, 0.15) is 10.4 Å². The third-order valence-corrected chi connectivity index (χ3v) is 3.00. The minimum absolute atomic E-state index is 0.659. The van der Waals surface area contributed by atoms with Crippen molar-refractivity contribution in [3.63, 3.8) is 0 Å². The Hall–Kier alpha value is -1.04. The fourth-order valence-electron chi connectivity index (χ4n) is 1.48. The molecule has 1 aromatic heterocycles. The minimum Gasteiger partial charge on any atom is -0.417 e. The molecule has 0 fully saturated rings. The molecule has 0 bridgehead atoms. The highest BCUT2D eigenvalue weighted by atomic mass is 127. The van der Waals surface area contributed by atoms with Gasteiger partial charge in [0.25, 0.3) is 0 Å². The number of nitrogens with zero attached hydrogens (tertiary/aromatic N) is 1. The maximum absolute atomic E-state index is 10.8. The first-order valence-corrected chi connectivity index (χ1v) is 5.15. The number of hydrogen-bond acceptors (Lipinski definition) is 2. The van der Waals surface area contributed by atoms with Gasteiger partial charge >= 0.3 is 0 Å². The zero-order valence-corrected chi connectivity index (χ0v) is 9.69. The molecule has 14 heavy (non-hydrogen) atoms. The Bertz CT molecular complexity index is 490. The SMILES string of the molecule is COn1cc(C=O)c2c(I)cccc21. The summed E-state index contributed by atoms with van der Waals surface area (Å²) in [6.45, 7) is 0. The van der Waals surface area contributed by atoms with Crippen molar-refractivity contribution in [3.05, 3.63) is 33.5 Å². The summed E-state index contributed by atoms with van der Waals surface area (Å²) in [5, 5.41) is 0.949. The van der Waals surface area contributed by atoms with E-state index in [2.05, 4.69) is 22.6 Å². The van der Waals surface area contributed by atoms with E-state index in [1.165, 1.54) is 0 Å². The van der Waals surface area contributed by atoms with Gasteiger partial charge in [0.15, 0.2) is 6.29 Å². The zero-order valence-electron chi connectivity index (χ0n) is 7.53. The Labute approximate surface area is 94.8 Å². The zero-order chi connectivity index (χ0) is 10.1. The number of aromatic nitrogens is 1. The lowest BCUT2D eigenvalue weighted by Crippen LogP contribution is -2.02. The highest BCUT2D eigenvalue weighted by molar-refractivity contribution is 14.1. The predicted molar refractivity (Wildman–Crippen MR) is 62.5 cm³/mol. The van der Waals surface area contributed by atoms with Crippen molar-refractivity contribution in [2.45, 2.75) is 0 Å². The van der Waals surface area contributed by atoms with Gasteiger partial charge in [-0.15, -0.1) is 0 Å². The fourth-order valence-corrected chi connectivity index (χ4v) is 2.28. The number of halogens is 1. The average molecular weight is 301 g/mol. The van der Waals surface area contributed by atoms with Crippen molar-refractivity contribution in [2.75, 3.05) is 7.11 Å². The molecule has 72 valence electrons. The molecule has 2 rings (SSSR count). The molecule has 0 spiro atoms. The molecule has 3 nitrogen and oxygen atoms in total. The van der Waals surface area contributed by atoms with Crippen LogP contribution in [0.3, 0.4) is 0 Å². The second-order valence-corrected chi connectivity index (χ2v) is 4.01. The van der Waals surface area contributed by atoms with Crippen molar-refractivity contribution < 1.29 is 9.63 Å². The van der Waals surface area contributed by atoms with Gasteiger partial charge in [0, 0.05) is 14.5 Å². The minimum atomic E-state index is 0.659. The van der Waals surface area contributed by atoms with Crippen LogP contribution in [0.4, 0.5) is 0 Å². The Balaban J connectivity index is 2.89. The number of aldehydes is 1. The first-order chi connectivity index (χ1) is 6.77. The maximum Gasteiger partial charge on any atom is 0.152 e. The number of fused-ring (bicyclic) bond motifs is 1. The monoisotopic (exact) mass is 301 g/mol. The first-order valence-electron chi connectivity index (χ1n) is 4.07. The van der Waals surface area contributed by atoms with Crippen LogP contribution in [0.2, 0.25) is 0 Å². The van der Waals surface area contributed by atoms with Gasteiger partial charge in [-0.1, -0.05) is 6.07 Å². The molecule has 4 heteroatoms. The van der Waals surface area contributed by atoms with Crippen LogP contribution in [-0.2, 0) is 0 Å². The molecule has 0 aliphatic heterocycles. The van der Waals surface area contributed by atoms with E-state index in [0.717, 1.165) is 20.8 Å². The summed E-state index contributed by atoms with van der Waals surface area (Å²) in [6.07, 6.45) is 2.54. The molecule has 0 radical (unpaired) electrons. The summed E-state index contributed by atoms with van der Waals surface area (Å²) in [6, 6.07) is 5.83. The van der Waals surface area contributed by atoms with Crippen molar-refractivity contribution in [1.82, 2.24) is 4.73 Å². The molecule has 1 aromatic carbocycles. The summed E-state index contributed by atoms with van der Waals surface area (Å²) in [7, 11) is 1.58. The molecular formula is C10H8INO2. The smallest absolute Gasteiger partial charge is 0.152 e. The lowest BCUT2D eigenvalue weighted by atomic mass is 10.2. The van der Waals surface area contributed by atoms with Crippen LogP contribution in [0, 0.1) is 3.57 Å². The average Bonchev–Trinajstić information content (AvgIpc) is 2.57. The lowest BCUT2D eigenvalue weighted by molar-refractivity contribution is 0.112. The van der Waals surface area contributed by atoms with Crippen molar-refractivity contribution >= 4 is 39.8 Å². The van der Waals surface area contributed by atoms with Crippen LogP contribution < -0.4 is 4.84 Å². The molecule has 0 N–H and O–H groups in total. The standard InChI is InChI=1S/C10H8INO2/c1-14-12-5-7(6-13)10-8(11)3-2-4-9(10)12/h2-6H,1H3. The Morgan fingerprint density at radius 1 is 1.50 bits per heavy atom. The third kappa shape index (κ3) is 1.30. The Kier molecular flexibility index (Phi) is 2.45. The van der Waals surface area contributed by atoms with E-state index in [0.29, 0.717) is 5.56 Å². The largest absolute Gasteiger partial charge is 0.417 e. The van der Waals surface area contributed by atoms with Crippen LogP contribution in [0.25, 0.3) is 10.9 Å². The molecule has 1 heterocycles. The quantitative estimate of drug-likeness (QED) is 0.628. The summed E-state index contributed by atoms with van der Waals surface area (Å²) in [5.41, 5.74) is 1.58. The molecule has 0 aliphatic carbocycles. The summed E-state index contributed by atoms with van der Waals surface area (Å²) < 4.78 is 2.65. The van der Waals surface area contributed by atoms with E-state index < -0.39 is 0 Å². The van der Waals surface area contributed by atoms with E-state index in [1.807, 2.05) is 18.2 Å². The molecule has 0 saturated carbocycles. The Morgan fingerprint density at radius 2 is 2.29 bits per heavy atom. The second-order valence-electron chi connectivity index (χ2n) is 2.84. The first kappa shape index (κ1) is 9.51. The molecule has 0 atom stereocenters. The highest BCUT2D eigenvalue weighted by Gasteiger charge is 2.10. The van der Waals surface area contributed by atoms with Crippen LogP contribution in [0.15, 0.2) is 24.4 Å². The van der Waals surface area contributed by atoms with E-state index in [4.69, 9.17) is 4.84 Å². The topological polar surface area (TPSA) is 31.2 Å². The van der Waals surface area contributed by atoms with Gasteiger partial charge in [0.2, 0.25) is 0 Å². The molecule has 0 unspecified atom stereocenters. The predicted octanol–water partition coefficient (Wildman–Crippen LogP) is 2.12. The number of carbonyl (C=O) groups excluding carboxylic acids is 1. The van der Waals surface area contributed by atoms with E-state index >= 15 is 0 Å². The van der Waals surface area contributed by atoms with E-state index in [1.54, 1.807) is 18.0 Å². The van der Waals surface area contributed by atoms with Crippen molar-refractivity contribution in [2.24, 2.45) is 0 Å². The van der Waals surface area contributed by atoms with E-state index in [9.17, 15) is 4.79 Å². The van der Waals surface area contributed by atoms with Crippen LogP contribution >= 0.6 is 22.6 Å². The van der Waals surface area contributed by atoms with Crippen LogP contribution in [0.5, 0.6) is 0 Å².